The van der Waals surface area contributed by atoms with E-state index in [9.17, 15) is 9.59 Å². The maximum atomic E-state index is 12.9. The van der Waals surface area contributed by atoms with Crippen LogP contribution in [0.5, 0.6) is 0 Å². The summed E-state index contributed by atoms with van der Waals surface area (Å²) in [5.74, 6) is 0.839. The molecule has 1 amide bonds. The van der Waals surface area contributed by atoms with Crippen LogP contribution in [-0.2, 0) is 9.59 Å². The first-order valence-corrected chi connectivity index (χ1v) is 10.4. The van der Waals surface area contributed by atoms with Crippen molar-refractivity contribution in [3.63, 3.8) is 0 Å². The molecule has 1 aliphatic heterocycles. The summed E-state index contributed by atoms with van der Waals surface area (Å²) in [6, 6.07) is 0.535. The quantitative estimate of drug-likeness (QED) is 0.817. The van der Waals surface area contributed by atoms with Gasteiger partial charge < -0.3 is 10.2 Å². The van der Waals surface area contributed by atoms with E-state index < -0.39 is 0 Å². The Balaban J connectivity index is 1.85. The number of carbonyl (C=O) groups is 2. The highest BCUT2D eigenvalue weighted by atomic mass is 16.2. The van der Waals surface area contributed by atoms with Gasteiger partial charge in [-0.25, -0.2) is 0 Å². The van der Waals surface area contributed by atoms with Crippen LogP contribution in [-0.4, -0.2) is 41.3 Å². The summed E-state index contributed by atoms with van der Waals surface area (Å²) in [6.07, 6.45) is 5.75. The molecule has 1 N–H and O–H groups in total. The number of hydrogen-bond donors (Lipinski definition) is 1. The predicted molar refractivity (Wildman–Crippen MR) is 107 cm³/mol. The van der Waals surface area contributed by atoms with E-state index in [4.69, 9.17) is 0 Å². The Morgan fingerprint density at radius 3 is 1.85 bits per heavy atom. The number of amides is 1. The maximum absolute atomic E-state index is 12.9. The van der Waals surface area contributed by atoms with Gasteiger partial charge in [-0.15, -0.1) is 0 Å². The molecular weight excluding hydrogens is 324 g/mol. The number of nitrogens with one attached hydrogen (secondary N) is 1. The number of likely N-dealkylation sites (tertiary alicyclic amines) is 1. The fourth-order valence-electron chi connectivity index (χ4n) is 4.71. The molecule has 4 nitrogen and oxygen atoms in total. The van der Waals surface area contributed by atoms with Crippen molar-refractivity contribution in [2.24, 2.45) is 16.7 Å². The first kappa shape index (κ1) is 21.4. The second-order valence-corrected chi connectivity index (χ2v) is 10.9. The molecule has 26 heavy (non-hydrogen) atoms. The van der Waals surface area contributed by atoms with Crippen LogP contribution in [0.25, 0.3) is 0 Å². The summed E-state index contributed by atoms with van der Waals surface area (Å²) in [5, 5.41) is 3.67. The van der Waals surface area contributed by atoms with Crippen molar-refractivity contribution >= 4 is 11.7 Å². The van der Waals surface area contributed by atoms with Gasteiger partial charge in [0, 0.05) is 41.4 Å². The Morgan fingerprint density at radius 1 is 0.923 bits per heavy atom. The number of Topliss-reactive ketones (excluding diaryl/α,β-unsaturated/α-hetero) is 1. The van der Waals surface area contributed by atoms with Crippen molar-refractivity contribution in [3.8, 4) is 0 Å². The topological polar surface area (TPSA) is 49.4 Å². The molecule has 0 aromatic carbocycles. The molecule has 1 saturated heterocycles. The van der Waals surface area contributed by atoms with E-state index >= 15 is 0 Å². The zero-order valence-electron chi connectivity index (χ0n) is 18.1. The molecule has 0 radical (unpaired) electrons. The largest absolute Gasteiger partial charge is 0.342 e. The molecule has 2 rings (SSSR count). The molecular formula is C22H40N2O2. The minimum atomic E-state index is -0.306. The third-order valence-electron chi connectivity index (χ3n) is 6.12. The molecule has 0 atom stereocenters. The average Bonchev–Trinajstić information content (AvgIpc) is 2.52. The lowest BCUT2D eigenvalue weighted by Crippen LogP contribution is -2.50. The second kappa shape index (κ2) is 7.61. The molecule has 150 valence electrons. The van der Waals surface area contributed by atoms with Gasteiger partial charge in [0.05, 0.1) is 0 Å². The molecule has 0 spiro atoms. The average molecular weight is 365 g/mol. The van der Waals surface area contributed by atoms with Gasteiger partial charge in [-0.05, 0) is 59.3 Å². The molecule has 2 fully saturated rings. The van der Waals surface area contributed by atoms with Gasteiger partial charge in [-0.2, -0.15) is 0 Å². The third-order valence-corrected chi connectivity index (χ3v) is 6.12. The van der Waals surface area contributed by atoms with Crippen molar-refractivity contribution in [1.82, 2.24) is 10.2 Å². The number of ketones is 1. The summed E-state index contributed by atoms with van der Waals surface area (Å²) < 4.78 is 0. The Bertz CT molecular complexity index is 511. The van der Waals surface area contributed by atoms with Crippen LogP contribution in [0.1, 0.15) is 87.0 Å². The molecule has 0 bridgehead atoms. The van der Waals surface area contributed by atoms with Crippen LogP contribution in [0.2, 0.25) is 0 Å². The minimum Gasteiger partial charge on any atom is -0.342 e. The molecule has 1 aliphatic carbocycles. The van der Waals surface area contributed by atoms with Crippen molar-refractivity contribution in [2.75, 3.05) is 13.1 Å². The first-order valence-electron chi connectivity index (χ1n) is 10.4. The van der Waals surface area contributed by atoms with Crippen LogP contribution in [0.4, 0.5) is 0 Å². The highest BCUT2D eigenvalue weighted by Gasteiger charge is 2.43. The Hall–Kier alpha value is -0.900. The van der Waals surface area contributed by atoms with Gasteiger partial charge >= 0.3 is 0 Å². The van der Waals surface area contributed by atoms with E-state index in [-0.39, 0.29) is 22.3 Å². The normalized spacial score (nSPS) is 27.3. The van der Waals surface area contributed by atoms with Gasteiger partial charge in [0.1, 0.15) is 5.78 Å². The van der Waals surface area contributed by atoms with Crippen LogP contribution in [0.3, 0.4) is 0 Å². The van der Waals surface area contributed by atoms with Gasteiger partial charge in [0.25, 0.3) is 0 Å². The Morgan fingerprint density at radius 2 is 1.42 bits per heavy atom. The summed E-state index contributed by atoms with van der Waals surface area (Å²) >= 11 is 0. The van der Waals surface area contributed by atoms with E-state index in [1.807, 2.05) is 25.7 Å². The fraction of sp³-hybridized carbons (Fsp3) is 0.909. The first-order chi connectivity index (χ1) is 11.8. The zero-order valence-corrected chi connectivity index (χ0v) is 18.1. The van der Waals surface area contributed by atoms with Gasteiger partial charge in [0.15, 0.2) is 0 Å². The molecule has 1 heterocycles. The lowest BCUT2D eigenvalue weighted by Gasteiger charge is -2.43. The Kier molecular flexibility index (Phi) is 6.27. The summed E-state index contributed by atoms with van der Waals surface area (Å²) in [4.78, 5) is 27.7. The van der Waals surface area contributed by atoms with Gasteiger partial charge in [-0.1, -0.05) is 27.7 Å². The SMILES string of the molecule is CC(C)(C)NC1CCC(C(=O)N2CCC(C)(C(=O)C(C)(C)C)CC2)CC1. The smallest absolute Gasteiger partial charge is 0.225 e. The molecule has 0 aromatic rings. The maximum Gasteiger partial charge on any atom is 0.225 e. The van der Waals surface area contributed by atoms with Crippen molar-refractivity contribution in [3.05, 3.63) is 0 Å². The zero-order chi connectivity index (χ0) is 19.8. The van der Waals surface area contributed by atoms with Gasteiger partial charge in [0.2, 0.25) is 5.91 Å². The van der Waals surface area contributed by atoms with Crippen molar-refractivity contribution < 1.29 is 9.59 Å². The van der Waals surface area contributed by atoms with Crippen LogP contribution < -0.4 is 5.32 Å². The second-order valence-electron chi connectivity index (χ2n) is 10.9. The predicted octanol–water partition coefficient (Wildman–Crippen LogP) is 4.18. The number of nitrogens with zero attached hydrogens (tertiary/aromatic N) is 1. The number of hydrogen-bond acceptors (Lipinski definition) is 3. The summed E-state index contributed by atoms with van der Waals surface area (Å²) in [7, 11) is 0. The molecule has 1 saturated carbocycles. The van der Waals surface area contributed by atoms with E-state index in [0.717, 1.165) is 51.6 Å². The van der Waals surface area contributed by atoms with Gasteiger partial charge in [-0.3, -0.25) is 9.59 Å². The lowest BCUT2D eigenvalue weighted by molar-refractivity contribution is -0.145. The van der Waals surface area contributed by atoms with Crippen molar-refractivity contribution in [2.45, 2.75) is 98.6 Å². The number of carbonyl (C=O) groups excluding carboxylic acids is 2. The molecule has 0 unspecified atom stereocenters. The van der Waals surface area contributed by atoms with E-state index in [2.05, 4.69) is 33.0 Å². The minimum absolute atomic E-state index is 0.137. The third kappa shape index (κ3) is 5.31. The fourth-order valence-corrected chi connectivity index (χ4v) is 4.71. The van der Waals surface area contributed by atoms with E-state index in [1.54, 1.807) is 0 Å². The van der Waals surface area contributed by atoms with Crippen molar-refractivity contribution in [1.29, 1.82) is 0 Å². The summed E-state index contributed by atoms with van der Waals surface area (Å²) in [5.41, 5.74) is -0.443. The monoisotopic (exact) mass is 364 g/mol. The van der Waals surface area contributed by atoms with Crippen LogP contribution in [0, 0.1) is 16.7 Å². The van der Waals surface area contributed by atoms with E-state index in [1.165, 1.54) is 0 Å². The summed E-state index contributed by atoms with van der Waals surface area (Å²) in [6.45, 7) is 16.2. The van der Waals surface area contributed by atoms with Crippen LogP contribution >= 0.6 is 0 Å². The number of piperidine rings is 1. The lowest BCUT2D eigenvalue weighted by atomic mass is 9.68. The highest BCUT2D eigenvalue weighted by Crippen LogP contribution is 2.39. The van der Waals surface area contributed by atoms with Crippen LogP contribution in [0.15, 0.2) is 0 Å². The molecule has 0 aromatic heterocycles. The molecule has 4 heteroatoms. The molecule has 2 aliphatic rings. The highest BCUT2D eigenvalue weighted by molar-refractivity contribution is 5.89. The standard InChI is InChI=1S/C22H40N2O2/c1-20(2,3)19(26)22(7)12-14-24(15-13-22)18(25)16-8-10-17(11-9-16)23-21(4,5)6/h16-17,23H,8-15H2,1-7H3. The number of rotatable bonds is 3. The Labute approximate surface area is 160 Å². The van der Waals surface area contributed by atoms with E-state index in [0.29, 0.717) is 17.7 Å².